The summed E-state index contributed by atoms with van der Waals surface area (Å²) >= 11 is 0. The molecule has 1 aliphatic heterocycles. The molecule has 1 heterocycles. The topological polar surface area (TPSA) is 50.4 Å². The van der Waals surface area contributed by atoms with E-state index in [1.807, 2.05) is 20.8 Å². The summed E-state index contributed by atoms with van der Waals surface area (Å²) in [4.78, 5) is 11.7. The molecular weight excluding hydrogens is 216 g/mol. The Bertz CT molecular complexity index is 248. The molecule has 0 aromatic heterocycles. The number of carbonyl (C=O) groups excluding carboxylic acids is 1. The first-order valence-electron chi connectivity index (χ1n) is 6.61. The van der Waals surface area contributed by atoms with Crippen molar-refractivity contribution in [2.45, 2.75) is 58.6 Å². The summed E-state index contributed by atoms with van der Waals surface area (Å²) in [5.41, 5.74) is -0.424. The molecule has 1 rings (SSSR count). The van der Waals surface area contributed by atoms with E-state index in [1.165, 1.54) is 12.8 Å². The molecule has 17 heavy (non-hydrogen) atoms. The van der Waals surface area contributed by atoms with Crippen molar-refractivity contribution in [3.63, 3.8) is 0 Å². The first-order valence-corrected chi connectivity index (χ1v) is 6.61. The van der Waals surface area contributed by atoms with Crippen LogP contribution in [0.15, 0.2) is 0 Å². The lowest BCUT2D eigenvalue weighted by molar-refractivity contribution is 0.0499. The van der Waals surface area contributed by atoms with Gasteiger partial charge in [0.25, 0.3) is 0 Å². The molecule has 0 saturated carbocycles. The minimum absolute atomic E-state index is 0.192. The first kappa shape index (κ1) is 14.3. The van der Waals surface area contributed by atoms with Gasteiger partial charge in [0.15, 0.2) is 0 Å². The van der Waals surface area contributed by atoms with Crippen LogP contribution in [0.3, 0.4) is 0 Å². The zero-order chi connectivity index (χ0) is 12.9. The van der Waals surface area contributed by atoms with Crippen LogP contribution in [0, 0.1) is 5.92 Å². The van der Waals surface area contributed by atoms with Gasteiger partial charge in [-0.15, -0.1) is 0 Å². The number of amides is 1. The van der Waals surface area contributed by atoms with Gasteiger partial charge in [-0.1, -0.05) is 13.3 Å². The summed E-state index contributed by atoms with van der Waals surface area (Å²) in [6.07, 6.45) is 3.11. The summed E-state index contributed by atoms with van der Waals surface area (Å²) in [5.74, 6) is 0.699. The van der Waals surface area contributed by atoms with Crippen LogP contribution >= 0.6 is 0 Å². The summed E-state index contributed by atoms with van der Waals surface area (Å²) in [6.45, 7) is 9.74. The van der Waals surface area contributed by atoms with E-state index in [0.29, 0.717) is 5.92 Å². The second-order valence-corrected chi connectivity index (χ2v) is 5.85. The number of hydrogen-bond donors (Lipinski definition) is 2. The zero-order valence-electron chi connectivity index (χ0n) is 11.5. The molecule has 1 fully saturated rings. The third-order valence-corrected chi connectivity index (χ3v) is 3.04. The number of hydrogen-bond acceptors (Lipinski definition) is 3. The van der Waals surface area contributed by atoms with Gasteiger partial charge in [-0.25, -0.2) is 4.79 Å². The van der Waals surface area contributed by atoms with Gasteiger partial charge in [-0.05, 0) is 46.1 Å². The van der Waals surface area contributed by atoms with Crippen molar-refractivity contribution in [2.24, 2.45) is 5.92 Å². The molecule has 0 spiro atoms. The van der Waals surface area contributed by atoms with Gasteiger partial charge in [-0.3, -0.25) is 0 Å². The van der Waals surface area contributed by atoms with E-state index in [9.17, 15) is 4.79 Å². The highest BCUT2D eigenvalue weighted by atomic mass is 16.6. The van der Waals surface area contributed by atoms with Crippen LogP contribution in [-0.4, -0.2) is 30.8 Å². The second-order valence-electron chi connectivity index (χ2n) is 5.85. The van der Waals surface area contributed by atoms with Crippen LogP contribution in [0.4, 0.5) is 4.79 Å². The molecule has 2 atom stereocenters. The van der Waals surface area contributed by atoms with Crippen molar-refractivity contribution < 1.29 is 9.53 Å². The van der Waals surface area contributed by atoms with Gasteiger partial charge in [-0.2, -0.15) is 0 Å². The summed E-state index contributed by atoms with van der Waals surface area (Å²) in [5, 5.41) is 6.32. The van der Waals surface area contributed by atoms with Crippen LogP contribution in [0.2, 0.25) is 0 Å². The van der Waals surface area contributed by atoms with Crippen LogP contribution < -0.4 is 10.6 Å². The van der Waals surface area contributed by atoms with E-state index in [0.717, 1.165) is 19.5 Å². The Morgan fingerprint density at radius 3 is 2.76 bits per heavy atom. The standard InChI is InChI=1S/C13H26N2O2/c1-5-10-6-7-14-9-11(8-10)15-12(16)17-13(2,3)4/h10-11,14H,5-9H2,1-4H3,(H,15,16)/t10-,11+/m0/s1. The lowest BCUT2D eigenvalue weighted by Gasteiger charge is -2.24. The minimum Gasteiger partial charge on any atom is -0.444 e. The highest BCUT2D eigenvalue weighted by Crippen LogP contribution is 2.17. The van der Waals surface area contributed by atoms with Crippen LogP contribution in [0.25, 0.3) is 0 Å². The van der Waals surface area contributed by atoms with Gasteiger partial charge >= 0.3 is 6.09 Å². The highest BCUT2D eigenvalue weighted by molar-refractivity contribution is 5.68. The molecule has 4 nitrogen and oxygen atoms in total. The highest BCUT2D eigenvalue weighted by Gasteiger charge is 2.23. The quantitative estimate of drug-likeness (QED) is 0.781. The molecule has 100 valence electrons. The number of rotatable bonds is 2. The van der Waals surface area contributed by atoms with Crippen molar-refractivity contribution in [3.05, 3.63) is 0 Å². The van der Waals surface area contributed by atoms with Crippen LogP contribution in [0.1, 0.15) is 47.0 Å². The van der Waals surface area contributed by atoms with E-state index < -0.39 is 5.60 Å². The van der Waals surface area contributed by atoms with Gasteiger partial charge < -0.3 is 15.4 Å². The molecule has 4 heteroatoms. The third-order valence-electron chi connectivity index (χ3n) is 3.04. The summed E-state index contributed by atoms with van der Waals surface area (Å²) < 4.78 is 5.27. The molecule has 1 amide bonds. The maximum atomic E-state index is 11.7. The number of alkyl carbamates (subject to hydrolysis) is 1. The maximum Gasteiger partial charge on any atom is 0.407 e. The molecule has 0 aliphatic carbocycles. The molecule has 0 unspecified atom stereocenters. The largest absolute Gasteiger partial charge is 0.444 e. The van der Waals surface area contributed by atoms with E-state index in [-0.39, 0.29) is 12.1 Å². The summed E-state index contributed by atoms with van der Waals surface area (Å²) in [7, 11) is 0. The fraction of sp³-hybridized carbons (Fsp3) is 0.923. The molecule has 0 aromatic carbocycles. The first-order chi connectivity index (χ1) is 7.90. The average molecular weight is 242 g/mol. The predicted molar refractivity (Wildman–Crippen MR) is 69.0 cm³/mol. The van der Waals surface area contributed by atoms with Crippen molar-refractivity contribution in [1.29, 1.82) is 0 Å². The van der Waals surface area contributed by atoms with E-state index in [2.05, 4.69) is 17.6 Å². The molecule has 0 aromatic rings. The van der Waals surface area contributed by atoms with E-state index in [4.69, 9.17) is 4.74 Å². The lowest BCUT2D eigenvalue weighted by Crippen LogP contribution is -2.43. The fourth-order valence-corrected chi connectivity index (χ4v) is 2.14. The molecule has 2 N–H and O–H groups in total. The molecule has 0 bridgehead atoms. The Balaban J connectivity index is 2.41. The van der Waals surface area contributed by atoms with Gasteiger partial charge in [0, 0.05) is 12.6 Å². The number of carbonyl (C=O) groups is 1. The minimum atomic E-state index is -0.424. The van der Waals surface area contributed by atoms with Gasteiger partial charge in [0.1, 0.15) is 5.60 Å². The van der Waals surface area contributed by atoms with Crippen molar-refractivity contribution >= 4 is 6.09 Å². The Morgan fingerprint density at radius 2 is 2.18 bits per heavy atom. The van der Waals surface area contributed by atoms with Gasteiger partial charge in [0.2, 0.25) is 0 Å². The Morgan fingerprint density at radius 1 is 1.47 bits per heavy atom. The second kappa shape index (κ2) is 6.24. The van der Waals surface area contributed by atoms with Crippen molar-refractivity contribution in [1.82, 2.24) is 10.6 Å². The van der Waals surface area contributed by atoms with Crippen molar-refractivity contribution in [2.75, 3.05) is 13.1 Å². The Kier molecular flexibility index (Phi) is 5.25. The zero-order valence-corrected chi connectivity index (χ0v) is 11.5. The Labute approximate surface area is 104 Å². The molecular formula is C13H26N2O2. The SMILES string of the molecule is CC[C@H]1CCNC[C@H](NC(=O)OC(C)(C)C)C1. The van der Waals surface area contributed by atoms with Crippen molar-refractivity contribution in [3.8, 4) is 0 Å². The number of ether oxygens (including phenoxy) is 1. The normalized spacial score (nSPS) is 26.1. The molecule has 0 radical (unpaired) electrons. The van der Waals surface area contributed by atoms with E-state index >= 15 is 0 Å². The Hall–Kier alpha value is -0.770. The van der Waals surface area contributed by atoms with Crippen LogP contribution in [-0.2, 0) is 4.74 Å². The molecule has 1 saturated heterocycles. The smallest absolute Gasteiger partial charge is 0.407 e. The lowest BCUT2D eigenvalue weighted by atomic mass is 9.96. The maximum absolute atomic E-state index is 11.7. The summed E-state index contributed by atoms with van der Waals surface area (Å²) in [6, 6.07) is 0.192. The van der Waals surface area contributed by atoms with Gasteiger partial charge in [0.05, 0.1) is 0 Å². The van der Waals surface area contributed by atoms with Crippen LogP contribution in [0.5, 0.6) is 0 Å². The number of nitrogens with one attached hydrogen (secondary N) is 2. The molecule has 1 aliphatic rings. The van der Waals surface area contributed by atoms with E-state index in [1.54, 1.807) is 0 Å². The predicted octanol–water partition coefficient (Wildman–Crippen LogP) is 2.29. The average Bonchev–Trinajstić information content (AvgIpc) is 2.39. The monoisotopic (exact) mass is 242 g/mol. The third kappa shape index (κ3) is 5.91. The fourth-order valence-electron chi connectivity index (χ4n) is 2.14.